The third-order valence-electron chi connectivity index (χ3n) is 1.97. The van der Waals surface area contributed by atoms with Crippen LogP contribution in [0, 0.1) is 0 Å². The molecule has 0 saturated heterocycles. The van der Waals surface area contributed by atoms with Crippen molar-refractivity contribution >= 4 is 0 Å². The minimum atomic E-state index is -4.12. The van der Waals surface area contributed by atoms with Crippen molar-refractivity contribution in [3.63, 3.8) is 0 Å². The first kappa shape index (κ1) is 11.0. The molecule has 0 bridgehead atoms. The molecule has 0 amide bonds. The number of hydrogen-bond donors (Lipinski definition) is 1. The molecule has 0 spiro atoms. The van der Waals surface area contributed by atoms with Crippen molar-refractivity contribution in [2.45, 2.75) is 25.1 Å². The SMILES string of the molecule is N[C@@H](CCC(F)(F)F)c1ccccc1. The Hall–Kier alpha value is -1.03. The maximum atomic E-state index is 11.9. The van der Waals surface area contributed by atoms with Crippen LogP contribution in [0.4, 0.5) is 13.2 Å². The van der Waals surface area contributed by atoms with E-state index in [1.54, 1.807) is 30.3 Å². The van der Waals surface area contributed by atoms with Gasteiger partial charge in [0.25, 0.3) is 0 Å². The molecule has 0 aliphatic carbocycles. The minimum Gasteiger partial charge on any atom is -0.324 e. The van der Waals surface area contributed by atoms with E-state index < -0.39 is 18.6 Å². The highest BCUT2D eigenvalue weighted by atomic mass is 19.4. The van der Waals surface area contributed by atoms with Gasteiger partial charge in [-0.25, -0.2) is 0 Å². The van der Waals surface area contributed by atoms with E-state index in [0.29, 0.717) is 0 Å². The Kier molecular flexibility index (Phi) is 3.52. The number of alkyl halides is 3. The van der Waals surface area contributed by atoms with Crippen LogP contribution in [0.25, 0.3) is 0 Å². The second kappa shape index (κ2) is 4.46. The van der Waals surface area contributed by atoms with Crippen LogP contribution in [0.2, 0.25) is 0 Å². The summed E-state index contributed by atoms with van der Waals surface area (Å²) < 4.78 is 35.6. The van der Waals surface area contributed by atoms with E-state index >= 15 is 0 Å². The van der Waals surface area contributed by atoms with Gasteiger partial charge in [0, 0.05) is 12.5 Å². The van der Waals surface area contributed by atoms with E-state index in [0.717, 1.165) is 5.56 Å². The monoisotopic (exact) mass is 203 g/mol. The Balaban J connectivity index is 2.48. The van der Waals surface area contributed by atoms with E-state index in [4.69, 9.17) is 5.73 Å². The summed E-state index contributed by atoms with van der Waals surface area (Å²) >= 11 is 0. The summed E-state index contributed by atoms with van der Waals surface area (Å²) in [4.78, 5) is 0. The Morgan fingerprint density at radius 1 is 1.14 bits per heavy atom. The van der Waals surface area contributed by atoms with E-state index in [9.17, 15) is 13.2 Å². The molecule has 0 aromatic heterocycles. The summed E-state index contributed by atoms with van der Waals surface area (Å²) in [5, 5.41) is 0. The zero-order valence-electron chi connectivity index (χ0n) is 7.59. The molecule has 0 radical (unpaired) electrons. The Labute approximate surface area is 80.7 Å². The van der Waals surface area contributed by atoms with E-state index in [1.165, 1.54) is 0 Å². The van der Waals surface area contributed by atoms with Gasteiger partial charge in [-0.05, 0) is 12.0 Å². The fourth-order valence-corrected chi connectivity index (χ4v) is 1.19. The fraction of sp³-hybridized carbons (Fsp3) is 0.400. The van der Waals surface area contributed by atoms with Gasteiger partial charge in [0.1, 0.15) is 0 Å². The summed E-state index contributed by atoms with van der Waals surface area (Å²) in [5.74, 6) is 0. The van der Waals surface area contributed by atoms with Crippen molar-refractivity contribution in [2.75, 3.05) is 0 Å². The van der Waals surface area contributed by atoms with Crippen LogP contribution >= 0.6 is 0 Å². The Morgan fingerprint density at radius 2 is 1.71 bits per heavy atom. The van der Waals surface area contributed by atoms with E-state index in [2.05, 4.69) is 0 Å². The molecule has 0 unspecified atom stereocenters. The predicted molar refractivity (Wildman–Crippen MR) is 48.7 cm³/mol. The van der Waals surface area contributed by atoms with Crippen LogP contribution < -0.4 is 5.73 Å². The van der Waals surface area contributed by atoms with Gasteiger partial charge in [0.2, 0.25) is 0 Å². The first-order valence-electron chi connectivity index (χ1n) is 4.36. The molecule has 0 heterocycles. The van der Waals surface area contributed by atoms with Crippen molar-refractivity contribution in [1.82, 2.24) is 0 Å². The van der Waals surface area contributed by atoms with Crippen LogP contribution in [-0.4, -0.2) is 6.18 Å². The molecule has 1 aromatic carbocycles. The molecule has 0 saturated carbocycles. The smallest absolute Gasteiger partial charge is 0.324 e. The fourth-order valence-electron chi connectivity index (χ4n) is 1.19. The summed E-state index contributed by atoms with van der Waals surface area (Å²) in [6, 6.07) is 8.28. The quantitative estimate of drug-likeness (QED) is 0.802. The van der Waals surface area contributed by atoms with E-state index in [1.807, 2.05) is 0 Å². The van der Waals surface area contributed by atoms with Crippen molar-refractivity contribution in [2.24, 2.45) is 5.73 Å². The molecule has 0 aliphatic heterocycles. The molecule has 1 nitrogen and oxygen atoms in total. The molecule has 1 rings (SSSR count). The first-order valence-corrected chi connectivity index (χ1v) is 4.36. The summed E-state index contributed by atoms with van der Waals surface area (Å²) in [6.45, 7) is 0. The molecule has 2 N–H and O–H groups in total. The zero-order chi connectivity index (χ0) is 10.6. The van der Waals surface area contributed by atoms with Gasteiger partial charge in [-0.15, -0.1) is 0 Å². The third-order valence-corrected chi connectivity index (χ3v) is 1.97. The normalized spacial score (nSPS) is 14.0. The molecule has 1 atom stereocenters. The zero-order valence-corrected chi connectivity index (χ0v) is 7.59. The van der Waals surface area contributed by atoms with Crippen molar-refractivity contribution in [3.05, 3.63) is 35.9 Å². The van der Waals surface area contributed by atoms with Crippen LogP contribution in [0.5, 0.6) is 0 Å². The second-order valence-electron chi connectivity index (χ2n) is 3.17. The summed E-state index contributed by atoms with van der Waals surface area (Å²) in [6.07, 6.45) is -5.01. The van der Waals surface area contributed by atoms with Gasteiger partial charge < -0.3 is 5.73 Å². The minimum absolute atomic E-state index is 0.0620. The lowest BCUT2D eigenvalue weighted by atomic mass is 10.0. The molecule has 4 heteroatoms. The highest BCUT2D eigenvalue weighted by molar-refractivity contribution is 5.18. The van der Waals surface area contributed by atoms with Crippen molar-refractivity contribution in [1.29, 1.82) is 0 Å². The highest BCUT2D eigenvalue weighted by Crippen LogP contribution is 2.25. The van der Waals surface area contributed by atoms with Crippen molar-refractivity contribution in [3.8, 4) is 0 Å². The summed E-state index contributed by atoms with van der Waals surface area (Å²) in [7, 11) is 0. The molecule has 78 valence electrons. The molecular formula is C10H12F3N. The first-order chi connectivity index (χ1) is 6.49. The predicted octanol–water partition coefficient (Wildman–Crippen LogP) is 3.03. The Morgan fingerprint density at radius 3 is 2.21 bits per heavy atom. The third kappa shape index (κ3) is 3.79. The molecule has 1 aromatic rings. The second-order valence-corrected chi connectivity index (χ2v) is 3.17. The average molecular weight is 203 g/mol. The lowest BCUT2D eigenvalue weighted by molar-refractivity contribution is -0.136. The lowest BCUT2D eigenvalue weighted by Crippen LogP contribution is -2.15. The van der Waals surface area contributed by atoms with Gasteiger partial charge in [-0.2, -0.15) is 13.2 Å². The molecule has 0 aliphatic rings. The Bertz CT molecular complexity index is 268. The number of rotatable bonds is 3. The maximum Gasteiger partial charge on any atom is 0.389 e. The number of benzene rings is 1. The standard InChI is InChI=1S/C10H12F3N/c11-10(12,13)7-6-9(14)8-4-2-1-3-5-8/h1-5,9H,6-7,14H2/t9-/m0/s1. The van der Waals surface area contributed by atoms with Gasteiger partial charge in [-0.1, -0.05) is 30.3 Å². The van der Waals surface area contributed by atoms with E-state index in [-0.39, 0.29) is 6.42 Å². The van der Waals surface area contributed by atoms with Gasteiger partial charge >= 0.3 is 6.18 Å². The number of hydrogen-bond acceptors (Lipinski definition) is 1. The van der Waals surface area contributed by atoms with Gasteiger partial charge in [0.15, 0.2) is 0 Å². The maximum absolute atomic E-state index is 11.9. The van der Waals surface area contributed by atoms with Crippen LogP contribution in [-0.2, 0) is 0 Å². The van der Waals surface area contributed by atoms with Gasteiger partial charge in [-0.3, -0.25) is 0 Å². The number of halogens is 3. The summed E-state index contributed by atoms with van der Waals surface area (Å²) in [5.41, 5.74) is 6.35. The van der Waals surface area contributed by atoms with Gasteiger partial charge in [0.05, 0.1) is 0 Å². The van der Waals surface area contributed by atoms with Crippen LogP contribution in [0.1, 0.15) is 24.4 Å². The molecule has 14 heavy (non-hydrogen) atoms. The van der Waals surface area contributed by atoms with Crippen LogP contribution in [0.3, 0.4) is 0 Å². The largest absolute Gasteiger partial charge is 0.389 e. The van der Waals surface area contributed by atoms with Crippen molar-refractivity contribution < 1.29 is 13.2 Å². The lowest BCUT2D eigenvalue weighted by Gasteiger charge is -2.13. The number of nitrogens with two attached hydrogens (primary N) is 1. The molecular weight excluding hydrogens is 191 g/mol. The topological polar surface area (TPSA) is 26.0 Å². The molecule has 0 fully saturated rings. The highest BCUT2D eigenvalue weighted by Gasteiger charge is 2.27. The average Bonchev–Trinajstić information content (AvgIpc) is 2.14. The van der Waals surface area contributed by atoms with Crippen LogP contribution in [0.15, 0.2) is 30.3 Å².